The van der Waals surface area contributed by atoms with Crippen LogP contribution in [0.25, 0.3) is 0 Å². The summed E-state index contributed by atoms with van der Waals surface area (Å²) in [5, 5.41) is 2.90. The number of nitrogens with two attached hydrogens (primary N) is 1. The van der Waals surface area contributed by atoms with Crippen LogP contribution in [-0.2, 0) is 4.79 Å². The van der Waals surface area contributed by atoms with E-state index in [1.165, 1.54) is 25.7 Å². The Kier molecular flexibility index (Phi) is 3.26. The predicted molar refractivity (Wildman–Crippen MR) is 59.4 cm³/mol. The normalized spacial score (nSPS) is 35.5. The molecule has 86 valence electrons. The largest absolute Gasteiger partial charge is 0.355 e. The minimum absolute atomic E-state index is 0.0266. The van der Waals surface area contributed by atoms with Crippen molar-refractivity contribution >= 4 is 5.91 Å². The van der Waals surface area contributed by atoms with Gasteiger partial charge in [0.15, 0.2) is 0 Å². The Morgan fingerprint density at radius 2 is 2.00 bits per heavy atom. The maximum atomic E-state index is 11.1. The standard InChI is InChI=1S/C11H21N3O/c1-14-9-2-3-10(14)5-8(4-9)7-13-11(15)6-12/h8-10H,2-7,12H2,1H3,(H,13,15)/t9-,10-/m1/s1. The maximum Gasteiger partial charge on any atom is 0.233 e. The van der Waals surface area contributed by atoms with E-state index in [9.17, 15) is 4.79 Å². The molecule has 0 spiro atoms. The van der Waals surface area contributed by atoms with Gasteiger partial charge in [0.25, 0.3) is 0 Å². The van der Waals surface area contributed by atoms with E-state index in [1.807, 2.05) is 0 Å². The van der Waals surface area contributed by atoms with Crippen molar-refractivity contribution in [3.63, 3.8) is 0 Å². The van der Waals surface area contributed by atoms with Gasteiger partial charge in [0.05, 0.1) is 6.54 Å². The van der Waals surface area contributed by atoms with Crippen molar-refractivity contribution in [2.45, 2.75) is 37.8 Å². The summed E-state index contributed by atoms with van der Waals surface area (Å²) in [6.07, 6.45) is 5.14. The first kappa shape index (κ1) is 10.9. The fourth-order valence-electron chi connectivity index (χ4n) is 3.02. The number of hydrogen-bond acceptors (Lipinski definition) is 3. The quantitative estimate of drug-likeness (QED) is 0.687. The Morgan fingerprint density at radius 3 is 2.53 bits per heavy atom. The third kappa shape index (κ3) is 2.32. The van der Waals surface area contributed by atoms with Crippen LogP contribution >= 0.6 is 0 Å². The molecule has 1 amide bonds. The van der Waals surface area contributed by atoms with Crippen molar-refractivity contribution in [3.8, 4) is 0 Å². The summed E-state index contributed by atoms with van der Waals surface area (Å²) in [6.45, 7) is 0.927. The van der Waals surface area contributed by atoms with Gasteiger partial charge in [-0.25, -0.2) is 0 Å². The highest BCUT2D eigenvalue weighted by Crippen LogP contribution is 2.36. The van der Waals surface area contributed by atoms with E-state index in [4.69, 9.17) is 5.73 Å². The molecule has 0 saturated carbocycles. The second-order valence-electron chi connectivity index (χ2n) is 4.90. The zero-order chi connectivity index (χ0) is 10.8. The maximum absolute atomic E-state index is 11.1. The lowest BCUT2D eigenvalue weighted by Gasteiger charge is -2.36. The Labute approximate surface area is 91.2 Å². The van der Waals surface area contributed by atoms with Gasteiger partial charge in [-0.2, -0.15) is 0 Å². The van der Waals surface area contributed by atoms with Gasteiger partial charge in [0.2, 0.25) is 5.91 Å². The molecule has 4 nitrogen and oxygen atoms in total. The fourth-order valence-corrected chi connectivity index (χ4v) is 3.02. The van der Waals surface area contributed by atoms with Crippen LogP contribution in [0.3, 0.4) is 0 Å². The molecule has 0 aromatic heterocycles. The number of amides is 1. The predicted octanol–water partition coefficient (Wildman–Crippen LogP) is -0.0659. The number of nitrogens with zero attached hydrogens (tertiary/aromatic N) is 1. The molecular weight excluding hydrogens is 190 g/mol. The molecule has 0 aromatic carbocycles. The number of carbonyl (C=O) groups is 1. The minimum atomic E-state index is -0.0266. The first-order chi connectivity index (χ1) is 7.20. The van der Waals surface area contributed by atoms with Crippen LogP contribution in [0.5, 0.6) is 0 Å². The van der Waals surface area contributed by atoms with Gasteiger partial charge in [0, 0.05) is 18.6 Å². The molecule has 0 radical (unpaired) electrons. The van der Waals surface area contributed by atoms with Crippen LogP contribution in [0, 0.1) is 5.92 Å². The van der Waals surface area contributed by atoms with E-state index >= 15 is 0 Å². The third-order valence-corrected chi connectivity index (χ3v) is 3.97. The van der Waals surface area contributed by atoms with E-state index in [0.717, 1.165) is 18.6 Å². The number of fused-ring (bicyclic) bond motifs is 2. The molecule has 2 saturated heterocycles. The number of piperidine rings is 1. The molecule has 2 rings (SSSR count). The molecule has 2 heterocycles. The van der Waals surface area contributed by atoms with Crippen molar-refractivity contribution in [2.75, 3.05) is 20.1 Å². The van der Waals surface area contributed by atoms with Crippen molar-refractivity contribution in [1.29, 1.82) is 0 Å². The summed E-state index contributed by atoms with van der Waals surface area (Å²) in [4.78, 5) is 13.6. The molecule has 15 heavy (non-hydrogen) atoms. The molecule has 4 heteroatoms. The van der Waals surface area contributed by atoms with Crippen LogP contribution in [0.1, 0.15) is 25.7 Å². The molecule has 2 aliphatic heterocycles. The molecule has 0 aliphatic carbocycles. The smallest absolute Gasteiger partial charge is 0.233 e. The Morgan fingerprint density at radius 1 is 1.40 bits per heavy atom. The summed E-state index contributed by atoms with van der Waals surface area (Å²) in [6, 6.07) is 1.51. The number of carbonyl (C=O) groups excluding carboxylic acids is 1. The Hall–Kier alpha value is -0.610. The van der Waals surface area contributed by atoms with Crippen LogP contribution in [-0.4, -0.2) is 43.0 Å². The van der Waals surface area contributed by atoms with Crippen molar-refractivity contribution in [1.82, 2.24) is 10.2 Å². The van der Waals surface area contributed by atoms with Crippen molar-refractivity contribution in [3.05, 3.63) is 0 Å². The summed E-state index contributed by atoms with van der Waals surface area (Å²) < 4.78 is 0. The summed E-state index contributed by atoms with van der Waals surface area (Å²) >= 11 is 0. The monoisotopic (exact) mass is 211 g/mol. The average Bonchev–Trinajstić information content (AvgIpc) is 2.50. The van der Waals surface area contributed by atoms with Crippen LogP contribution < -0.4 is 11.1 Å². The second kappa shape index (κ2) is 4.49. The number of rotatable bonds is 3. The molecule has 2 bridgehead atoms. The van der Waals surface area contributed by atoms with Gasteiger partial charge in [-0.05, 0) is 38.6 Å². The Bertz CT molecular complexity index is 230. The topological polar surface area (TPSA) is 58.4 Å². The zero-order valence-electron chi connectivity index (χ0n) is 9.41. The van der Waals surface area contributed by atoms with E-state index < -0.39 is 0 Å². The lowest BCUT2D eigenvalue weighted by molar-refractivity contribution is -0.120. The minimum Gasteiger partial charge on any atom is -0.355 e. The van der Waals surface area contributed by atoms with Gasteiger partial charge in [-0.3, -0.25) is 4.79 Å². The SMILES string of the molecule is CN1[C@@H]2CC[C@@H]1CC(CNC(=O)CN)C2. The van der Waals surface area contributed by atoms with Gasteiger partial charge >= 0.3 is 0 Å². The molecule has 0 unspecified atom stereocenters. The fraction of sp³-hybridized carbons (Fsp3) is 0.909. The molecule has 2 aliphatic rings. The van der Waals surface area contributed by atoms with Crippen molar-refractivity contribution < 1.29 is 4.79 Å². The van der Waals surface area contributed by atoms with Crippen molar-refractivity contribution in [2.24, 2.45) is 11.7 Å². The van der Waals surface area contributed by atoms with Gasteiger partial charge in [-0.15, -0.1) is 0 Å². The van der Waals surface area contributed by atoms with Gasteiger partial charge in [0.1, 0.15) is 0 Å². The Balaban J connectivity index is 1.79. The molecular formula is C11H21N3O. The van der Waals surface area contributed by atoms with Gasteiger partial charge in [-0.1, -0.05) is 0 Å². The van der Waals surface area contributed by atoms with E-state index in [0.29, 0.717) is 5.92 Å². The highest BCUT2D eigenvalue weighted by Gasteiger charge is 2.38. The van der Waals surface area contributed by atoms with Crippen LogP contribution in [0.2, 0.25) is 0 Å². The van der Waals surface area contributed by atoms with Crippen LogP contribution in [0.15, 0.2) is 0 Å². The highest BCUT2D eigenvalue weighted by atomic mass is 16.1. The third-order valence-electron chi connectivity index (χ3n) is 3.97. The summed E-state index contributed by atoms with van der Waals surface area (Å²) in [5.74, 6) is 0.635. The van der Waals surface area contributed by atoms with E-state index in [1.54, 1.807) is 0 Å². The summed E-state index contributed by atoms with van der Waals surface area (Å²) in [5.41, 5.74) is 5.26. The number of nitrogens with one attached hydrogen (secondary N) is 1. The number of hydrogen-bond donors (Lipinski definition) is 2. The van der Waals surface area contributed by atoms with Gasteiger partial charge < -0.3 is 16.0 Å². The summed E-state index contributed by atoms with van der Waals surface area (Å²) in [7, 11) is 2.23. The molecule has 2 fully saturated rings. The first-order valence-corrected chi connectivity index (χ1v) is 5.89. The average molecular weight is 211 g/mol. The van der Waals surface area contributed by atoms with E-state index in [-0.39, 0.29) is 12.5 Å². The van der Waals surface area contributed by atoms with Crippen LogP contribution in [0.4, 0.5) is 0 Å². The second-order valence-corrected chi connectivity index (χ2v) is 4.90. The lowest BCUT2D eigenvalue weighted by Crippen LogP contribution is -2.44. The highest BCUT2D eigenvalue weighted by molar-refractivity contribution is 5.77. The molecule has 3 N–H and O–H groups in total. The molecule has 0 aromatic rings. The van der Waals surface area contributed by atoms with E-state index in [2.05, 4.69) is 17.3 Å². The first-order valence-electron chi connectivity index (χ1n) is 5.89. The molecule has 2 atom stereocenters. The lowest BCUT2D eigenvalue weighted by atomic mass is 9.91. The zero-order valence-corrected chi connectivity index (χ0v) is 9.41.